The maximum absolute atomic E-state index is 6.77. The molecule has 0 fully saturated rings. The first-order chi connectivity index (χ1) is 69.0. The summed E-state index contributed by atoms with van der Waals surface area (Å²) in [6.07, 6.45) is 0. The number of para-hydroxylation sites is 6. The van der Waals surface area contributed by atoms with Gasteiger partial charge in [0.05, 0.1) is 11.0 Å². The first-order valence-electron chi connectivity index (χ1n) is 51.5. The lowest BCUT2D eigenvalue weighted by Gasteiger charge is -2.45. The van der Waals surface area contributed by atoms with Crippen molar-refractivity contribution in [1.82, 2.24) is 4.57 Å². The van der Waals surface area contributed by atoms with Gasteiger partial charge in [-0.1, -0.05) is 401 Å². The Morgan fingerprint density at radius 2 is 0.597 bits per heavy atom. The largest absolute Gasteiger partial charge is 0.458 e. The molecular formula is C135H124B3N3O3. The van der Waals surface area contributed by atoms with Crippen molar-refractivity contribution in [3.05, 3.63) is 455 Å². The van der Waals surface area contributed by atoms with E-state index in [1.54, 1.807) is 0 Å². The maximum atomic E-state index is 6.77. The summed E-state index contributed by atoms with van der Waals surface area (Å²) in [5, 5.41) is 2.56. The van der Waals surface area contributed by atoms with Crippen LogP contribution in [0.5, 0.6) is 34.5 Å². The summed E-state index contributed by atoms with van der Waals surface area (Å²) in [5.74, 6) is 5.88. The minimum atomic E-state index is -0.233. The van der Waals surface area contributed by atoms with E-state index < -0.39 is 0 Å². The maximum Gasteiger partial charge on any atom is 0.251 e. The van der Waals surface area contributed by atoms with E-state index in [1.165, 1.54) is 177 Å². The predicted molar refractivity (Wildman–Crippen MR) is 613 cm³/mol. The van der Waals surface area contributed by atoms with Crippen molar-refractivity contribution in [3.63, 3.8) is 0 Å². The second-order valence-electron chi connectivity index (χ2n) is 46.4. The second-order valence-corrected chi connectivity index (χ2v) is 46.4. The zero-order valence-corrected chi connectivity index (χ0v) is 86.7. The quantitative estimate of drug-likeness (QED) is 0.128. The van der Waals surface area contributed by atoms with Gasteiger partial charge >= 0.3 is 0 Å². The number of fused-ring (bicyclic) bond motifs is 15. The van der Waals surface area contributed by atoms with E-state index in [9.17, 15) is 0 Å². The highest BCUT2D eigenvalue weighted by Gasteiger charge is 2.52. The number of aryl methyl sites for hydroxylation is 2. The molecule has 0 aliphatic carbocycles. The van der Waals surface area contributed by atoms with E-state index in [1.807, 2.05) is 0 Å². The summed E-state index contributed by atoms with van der Waals surface area (Å²) < 4.78 is 22.5. The Bertz CT molecular complexity index is 8200. The van der Waals surface area contributed by atoms with Crippen LogP contribution in [0.4, 0.5) is 34.1 Å². The van der Waals surface area contributed by atoms with Gasteiger partial charge in [0, 0.05) is 66.8 Å². The van der Waals surface area contributed by atoms with Gasteiger partial charge in [0.1, 0.15) is 34.5 Å². The number of ether oxygens (including phenoxy) is 3. The van der Waals surface area contributed by atoms with Crippen molar-refractivity contribution >= 4 is 125 Å². The molecule has 6 nitrogen and oxygen atoms in total. The van der Waals surface area contributed by atoms with Gasteiger partial charge < -0.3 is 28.6 Å². The van der Waals surface area contributed by atoms with Gasteiger partial charge in [-0.3, -0.25) is 0 Å². The molecule has 6 aliphatic rings. The Hall–Kier alpha value is -15.0. The molecule has 0 saturated heterocycles. The first-order valence-corrected chi connectivity index (χ1v) is 51.5. The van der Waals surface area contributed by atoms with Gasteiger partial charge in [-0.2, -0.15) is 0 Å². The molecule has 0 saturated carbocycles. The molecule has 0 radical (unpaired) electrons. The number of hydrogen-bond donors (Lipinski definition) is 0. The van der Waals surface area contributed by atoms with Gasteiger partial charge in [-0.15, -0.1) is 0 Å². The zero-order valence-electron chi connectivity index (χ0n) is 86.7. The summed E-state index contributed by atoms with van der Waals surface area (Å²) in [6.45, 7) is 47.0. The standard InChI is InChI=1S/C47H44BNO.C47H46BNO.C41H34BNO/c1-45(2,3)31-21-24-41-38(28-31)48-37-23-20-30(27-36(37)47(7,8)43-35(46(4,5)6)22-25-42(50-41)44(43)48)29-14-13-15-32(26-29)49-39-18-11-9-16-33(39)34-17-10-12-19-40(34)49;1-45(2,3)33-22-27-41-40(30-33)48-39-26-21-32(29-38(39)47(7,8)43-37(46(4,5)6)25-28-42(50-41)44(43)48)31-19-23-36(24-20-31)49(34-15-11-9-12-16-34)35-17-13-10-14-18-35;1-27-18-22-37-36(24-27)42-35-26-30(20-21-34(35)41(3,4)39-28(2)19-23-38(44-37)40(39)42)29-12-11-17-33(25-29)43(31-13-7-5-8-14-31)32-15-9-6-10-16-32/h9-28H,1-8H3;9-30H,1-8H3;5-26H,1-4H3. The van der Waals surface area contributed by atoms with Gasteiger partial charge in [0.2, 0.25) is 0 Å². The van der Waals surface area contributed by atoms with Crippen LogP contribution in [0.15, 0.2) is 388 Å². The molecular weight excluding hydrogens is 1740 g/mol. The third kappa shape index (κ3) is 15.7. The van der Waals surface area contributed by atoms with E-state index in [4.69, 9.17) is 14.2 Å². The molecule has 0 spiro atoms. The van der Waals surface area contributed by atoms with Crippen LogP contribution in [0.1, 0.15) is 191 Å². The molecule has 9 heteroatoms. The molecule has 18 aromatic carbocycles. The highest BCUT2D eigenvalue weighted by Crippen LogP contribution is 2.51. The normalized spacial score (nSPS) is 14.3. The molecule has 1 aromatic heterocycles. The fourth-order valence-corrected chi connectivity index (χ4v) is 24.8. The number of benzene rings is 18. The lowest BCUT2D eigenvalue weighted by molar-refractivity contribution is 0.479. The van der Waals surface area contributed by atoms with Crippen molar-refractivity contribution in [1.29, 1.82) is 0 Å². The van der Waals surface area contributed by atoms with Crippen LogP contribution in [-0.2, 0) is 37.9 Å². The van der Waals surface area contributed by atoms with Gasteiger partial charge in [-0.25, -0.2) is 0 Å². The Morgan fingerprint density at radius 1 is 0.243 bits per heavy atom. The third-order valence-electron chi connectivity index (χ3n) is 31.8. The van der Waals surface area contributed by atoms with Crippen molar-refractivity contribution < 1.29 is 14.2 Å². The first kappa shape index (κ1) is 92.7. The molecule has 19 aromatic rings. The van der Waals surface area contributed by atoms with Crippen LogP contribution in [-0.4, -0.2) is 24.7 Å². The number of rotatable bonds is 10. The van der Waals surface area contributed by atoms with Crippen LogP contribution in [0, 0.1) is 13.8 Å². The van der Waals surface area contributed by atoms with Crippen LogP contribution < -0.4 is 73.2 Å². The van der Waals surface area contributed by atoms with Crippen LogP contribution in [0.3, 0.4) is 0 Å². The Morgan fingerprint density at radius 3 is 1.07 bits per heavy atom. The molecule has 0 N–H and O–H groups in total. The smallest absolute Gasteiger partial charge is 0.251 e. The lowest BCUT2D eigenvalue weighted by atomic mass is 9.30. The molecule has 0 bridgehead atoms. The highest BCUT2D eigenvalue weighted by atomic mass is 16.5. The number of hydrogen-bond acceptors (Lipinski definition) is 5. The summed E-state index contributed by atoms with van der Waals surface area (Å²) in [5.41, 5.74) is 45.6. The van der Waals surface area contributed by atoms with Crippen molar-refractivity contribution in [2.75, 3.05) is 9.80 Å². The Kier molecular flexibility index (Phi) is 22.3. The summed E-state index contributed by atoms with van der Waals surface area (Å²) in [7, 11) is 0. The monoisotopic (exact) mass is 1870 g/mol. The molecule has 144 heavy (non-hydrogen) atoms. The molecule has 6 aliphatic heterocycles. The topological polar surface area (TPSA) is 39.1 Å². The molecule has 7 heterocycles. The van der Waals surface area contributed by atoms with Crippen LogP contribution >= 0.6 is 0 Å². The zero-order chi connectivity index (χ0) is 99.7. The van der Waals surface area contributed by atoms with Crippen LogP contribution in [0.25, 0.3) is 60.9 Å². The molecule has 0 unspecified atom stereocenters. The highest BCUT2D eigenvalue weighted by molar-refractivity contribution is 6.99. The average Bonchev–Trinajstić information content (AvgIpc) is 0.826. The predicted octanol–water partition coefficient (Wildman–Crippen LogP) is 29.7. The summed E-state index contributed by atoms with van der Waals surface area (Å²) in [4.78, 5) is 4.64. The summed E-state index contributed by atoms with van der Waals surface area (Å²) in [6, 6.07) is 142. The van der Waals surface area contributed by atoms with Gasteiger partial charge in [-0.05, 0) is 296 Å². The number of aromatic nitrogens is 1. The fraction of sp³-hybridized carbons (Fsp3) is 0.200. The van der Waals surface area contributed by atoms with E-state index in [0.717, 1.165) is 68.6 Å². The molecule has 0 atom stereocenters. The third-order valence-corrected chi connectivity index (χ3v) is 31.8. The van der Waals surface area contributed by atoms with Crippen LogP contribution in [0.2, 0.25) is 0 Å². The van der Waals surface area contributed by atoms with E-state index in [2.05, 4.69) is 541 Å². The van der Waals surface area contributed by atoms with E-state index in [0.29, 0.717) is 0 Å². The fourth-order valence-electron chi connectivity index (χ4n) is 24.8. The minimum absolute atomic E-state index is 0.0198. The minimum Gasteiger partial charge on any atom is -0.458 e. The lowest BCUT2D eigenvalue weighted by Crippen LogP contribution is -2.63. The SMILES string of the molecule is CC(C)(C)c1ccc2c(c1)B1c3ccc(-c4ccc(N(c5ccccc5)c5ccccc5)cc4)cc3C(C)(C)c3c(C(C)(C)C)ccc(c31)O2.CC(C)(C)c1ccc2c(c1)B1c3ccc(-c4cccc(-n5c6ccccc6c6ccccc65)c4)cc3C(C)(C)c3c(C(C)(C)C)ccc(c31)O2.Cc1ccc2c(c1)B1c3cc(-c4cccc(N(c5ccccc5)c5ccccc5)c4)ccc3C(C)(C)c3c(C)ccc(c31)O2. The average molecular weight is 1870 g/mol. The van der Waals surface area contributed by atoms with E-state index >= 15 is 0 Å². The molecule has 0 amide bonds. The van der Waals surface area contributed by atoms with Gasteiger partial charge in [0.25, 0.3) is 20.1 Å². The molecule has 25 rings (SSSR count). The van der Waals surface area contributed by atoms with Gasteiger partial charge in [0.15, 0.2) is 0 Å². The Labute approximate surface area is 852 Å². The second kappa shape index (κ2) is 34.7. The molecule has 706 valence electrons. The van der Waals surface area contributed by atoms with Crippen molar-refractivity contribution in [3.8, 4) is 73.6 Å². The van der Waals surface area contributed by atoms with Crippen molar-refractivity contribution in [2.24, 2.45) is 0 Å². The number of anilines is 6. The van der Waals surface area contributed by atoms with E-state index in [-0.39, 0.29) is 58.0 Å². The van der Waals surface area contributed by atoms with Crippen molar-refractivity contribution in [2.45, 2.75) is 176 Å². The Balaban J connectivity index is 0.000000120. The number of nitrogens with zero attached hydrogens (tertiary/aromatic N) is 3. The summed E-state index contributed by atoms with van der Waals surface area (Å²) >= 11 is 0.